The number of nitrogens with one attached hydrogen (secondary N) is 1. The maximum atomic E-state index is 12.3. The van der Waals surface area contributed by atoms with Gasteiger partial charge in [-0.05, 0) is 16.7 Å². The molecule has 0 saturated heterocycles. The molecule has 0 spiro atoms. The summed E-state index contributed by atoms with van der Waals surface area (Å²) in [5, 5.41) is 13.8. The minimum Gasteiger partial charge on any atom is -0.467 e. The molecular weight excluding hydrogens is 414 g/mol. The molecule has 0 bridgehead atoms. The van der Waals surface area contributed by atoms with Gasteiger partial charge in [-0.25, -0.2) is 14.8 Å². The van der Waals surface area contributed by atoms with E-state index in [9.17, 15) is 9.90 Å². The molecule has 6 nitrogen and oxygen atoms in total. The van der Waals surface area contributed by atoms with E-state index in [4.69, 9.17) is 4.74 Å². The second-order valence-corrected chi connectivity index (χ2v) is 7.63. The van der Waals surface area contributed by atoms with Crippen molar-refractivity contribution in [3.05, 3.63) is 114 Å². The lowest BCUT2D eigenvalue weighted by Gasteiger charge is -2.17. The van der Waals surface area contributed by atoms with Crippen LogP contribution in [0.2, 0.25) is 0 Å². The fourth-order valence-electron chi connectivity index (χ4n) is 3.62. The molecule has 6 heteroatoms. The zero-order valence-electron chi connectivity index (χ0n) is 18.3. The van der Waals surface area contributed by atoms with Crippen LogP contribution >= 0.6 is 0 Å². The van der Waals surface area contributed by atoms with Gasteiger partial charge in [0.05, 0.1) is 12.8 Å². The Morgan fingerprint density at radius 3 is 2.21 bits per heavy atom. The number of carbonyl (C=O) groups is 1. The molecule has 3 aromatic carbocycles. The van der Waals surface area contributed by atoms with E-state index in [-0.39, 0.29) is 5.97 Å². The van der Waals surface area contributed by atoms with Crippen LogP contribution in [-0.4, -0.2) is 34.2 Å². The topological polar surface area (TPSA) is 84.3 Å². The van der Waals surface area contributed by atoms with Gasteiger partial charge in [-0.1, -0.05) is 84.9 Å². The molecule has 33 heavy (non-hydrogen) atoms. The SMILES string of the molecule is COC(=O)C(Cc1ccccc1)Nc1cc(-c2ccc(C(O)c3ccccc3)cc2)ncn1. The van der Waals surface area contributed by atoms with Gasteiger partial charge >= 0.3 is 5.97 Å². The maximum Gasteiger partial charge on any atom is 0.328 e. The van der Waals surface area contributed by atoms with Crippen molar-refractivity contribution < 1.29 is 14.6 Å². The van der Waals surface area contributed by atoms with Crippen LogP contribution in [-0.2, 0) is 16.0 Å². The van der Waals surface area contributed by atoms with Crippen LogP contribution in [0.4, 0.5) is 5.82 Å². The summed E-state index contributed by atoms with van der Waals surface area (Å²) < 4.78 is 4.98. The number of aromatic nitrogens is 2. The van der Waals surface area contributed by atoms with Crippen LogP contribution in [0.15, 0.2) is 97.3 Å². The van der Waals surface area contributed by atoms with Gasteiger partial charge in [0.15, 0.2) is 0 Å². The molecule has 0 aliphatic rings. The van der Waals surface area contributed by atoms with E-state index in [1.807, 2.05) is 84.9 Å². The standard InChI is InChI=1S/C27H25N3O3/c1-33-27(32)24(16-19-8-4-2-5-9-19)30-25-17-23(28-18-29-25)20-12-14-22(15-13-20)26(31)21-10-6-3-7-11-21/h2-15,17-18,24,26,31H,16H2,1H3,(H,28,29,30). The summed E-state index contributed by atoms with van der Waals surface area (Å²) in [6.45, 7) is 0. The predicted octanol–water partition coefficient (Wildman–Crippen LogP) is 4.42. The lowest BCUT2D eigenvalue weighted by atomic mass is 10.00. The molecule has 1 aromatic heterocycles. The molecular formula is C27H25N3O3. The fraction of sp³-hybridized carbons (Fsp3) is 0.148. The van der Waals surface area contributed by atoms with E-state index in [1.54, 1.807) is 6.07 Å². The van der Waals surface area contributed by atoms with Crippen molar-refractivity contribution in [3.63, 3.8) is 0 Å². The molecule has 1 heterocycles. The Bertz CT molecular complexity index is 1180. The van der Waals surface area contributed by atoms with Crippen molar-refractivity contribution in [2.45, 2.75) is 18.6 Å². The third-order valence-electron chi connectivity index (χ3n) is 5.40. The lowest BCUT2D eigenvalue weighted by molar-refractivity contribution is -0.141. The Hall–Kier alpha value is -4.03. The number of esters is 1. The van der Waals surface area contributed by atoms with E-state index in [1.165, 1.54) is 13.4 Å². The van der Waals surface area contributed by atoms with Crippen LogP contribution in [0, 0.1) is 0 Å². The number of rotatable bonds is 8. The number of nitrogens with zero attached hydrogens (tertiary/aromatic N) is 2. The number of aliphatic hydroxyl groups is 1. The normalized spacial score (nSPS) is 12.5. The number of carbonyl (C=O) groups excluding carboxylic acids is 1. The molecule has 2 N–H and O–H groups in total. The summed E-state index contributed by atoms with van der Waals surface area (Å²) >= 11 is 0. The molecule has 0 saturated carbocycles. The van der Waals surface area contributed by atoms with Gasteiger partial charge in [-0.2, -0.15) is 0 Å². The average molecular weight is 440 g/mol. The summed E-state index contributed by atoms with van der Waals surface area (Å²) in [4.78, 5) is 21.0. The predicted molar refractivity (Wildman–Crippen MR) is 128 cm³/mol. The first-order valence-electron chi connectivity index (χ1n) is 10.7. The minimum absolute atomic E-state index is 0.363. The van der Waals surface area contributed by atoms with Crippen LogP contribution in [0.3, 0.4) is 0 Å². The third-order valence-corrected chi connectivity index (χ3v) is 5.40. The summed E-state index contributed by atoms with van der Waals surface area (Å²) in [5.41, 5.74) is 4.23. The molecule has 0 radical (unpaired) electrons. The van der Waals surface area contributed by atoms with Gasteiger partial charge in [-0.15, -0.1) is 0 Å². The molecule has 0 amide bonds. The van der Waals surface area contributed by atoms with Crippen LogP contribution in [0.5, 0.6) is 0 Å². The third kappa shape index (κ3) is 5.61. The molecule has 4 rings (SSSR count). The number of aliphatic hydroxyl groups excluding tert-OH is 1. The van der Waals surface area contributed by atoms with Crippen molar-refractivity contribution in [1.29, 1.82) is 0 Å². The smallest absolute Gasteiger partial charge is 0.328 e. The van der Waals surface area contributed by atoms with Gasteiger partial charge in [0, 0.05) is 18.1 Å². The van der Waals surface area contributed by atoms with Crippen molar-refractivity contribution in [2.24, 2.45) is 0 Å². The summed E-state index contributed by atoms with van der Waals surface area (Å²) in [5.74, 6) is 0.165. The van der Waals surface area contributed by atoms with Gasteiger partial charge in [0.1, 0.15) is 24.3 Å². The molecule has 0 fully saturated rings. The largest absolute Gasteiger partial charge is 0.467 e. The highest BCUT2D eigenvalue weighted by molar-refractivity contribution is 5.79. The van der Waals surface area contributed by atoms with Gasteiger partial charge < -0.3 is 15.2 Å². The number of anilines is 1. The number of hydrogen-bond donors (Lipinski definition) is 2. The van der Waals surface area contributed by atoms with Gasteiger partial charge in [-0.3, -0.25) is 0 Å². The van der Waals surface area contributed by atoms with Crippen molar-refractivity contribution in [3.8, 4) is 11.3 Å². The second kappa shape index (κ2) is 10.5. The second-order valence-electron chi connectivity index (χ2n) is 7.63. The van der Waals surface area contributed by atoms with Crippen LogP contribution in [0.25, 0.3) is 11.3 Å². The number of benzene rings is 3. The molecule has 0 aliphatic carbocycles. The van der Waals surface area contributed by atoms with Crippen LogP contribution in [0.1, 0.15) is 22.8 Å². The number of hydrogen-bond acceptors (Lipinski definition) is 6. The summed E-state index contributed by atoms with van der Waals surface area (Å²) in [6.07, 6.45) is 1.24. The average Bonchev–Trinajstić information content (AvgIpc) is 2.89. The van der Waals surface area contributed by atoms with Crippen molar-refractivity contribution >= 4 is 11.8 Å². The van der Waals surface area contributed by atoms with E-state index in [2.05, 4.69) is 15.3 Å². The first kappa shape index (κ1) is 22.2. The van der Waals surface area contributed by atoms with Gasteiger partial charge in [0.2, 0.25) is 0 Å². The van der Waals surface area contributed by atoms with Crippen molar-refractivity contribution in [2.75, 3.05) is 12.4 Å². The van der Waals surface area contributed by atoms with Crippen molar-refractivity contribution in [1.82, 2.24) is 9.97 Å². The molecule has 2 unspecified atom stereocenters. The fourth-order valence-corrected chi connectivity index (χ4v) is 3.62. The summed E-state index contributed by atoms with van der Waals surface area (Å²) in [6, 6.07) is 28.1. The number of ether oxygens (including phenoxy) is 1. The van der Waals surface area contributed by atoms with E-state index < -0.39 is 12.1 Å². The van der Waals surface area contributed by atoms with Gasteiger partial charge in [0.25, 0.3) is 0 Å². The molecule has 2 atom stereocenters. The maximum absolute atomic E-state index is 12.3. The summed E-state index contributed by atoms with van der Waals surface area (Å²) in [7, 11) is 1.37. The Morgan fingerprint density at radius 1 is 0.909 bits per heavy atom. The Balaban J connectivity index is 1.51. The Labute approximate surface area is 192 Å². The minimum atomic E-state index is -0.693. The first-order chi connectivity index (χ1) is 16.1. The van der Waals surface area contributed by atoms with E-state index in [0.717, 1.165) is 22.3 Å². The van der Waals surface area contributed by atoms with Crippen LogP contribution < -0.4 is 5.32 Å². The molecule has 4 aromatic rings. The first-order valence-corrected chi connectivity index (χ1v) is 10.7. The zero-order chi connectivity index (χ0) is 23.0. The lowest BCUT2D eigenvalue weighted by Crippen LogP contribution is -2.33. The zero-order valence-corrected chi connectivity index (χ0v) is 18.3. The Morgan fingerprint density at radius 2 is 1.55 bits per heavy atom. The Kier molecular flexibility index (Phi) is 7.07. The highest BCUT2D eigenvalue weighted by Gasteiger charge is 2.20. The molecule has 166 valence electrons. The molecule has 0 aliphatic heterocycles. The highest BCUT2D eigenvalue weighted by Crippen LogP contribution is 2.25. The quantitative estimate of drug-likeness (QED) is 0.396. The van der Waals surface area contributed by atoms with E-state index >= 15 is 0 Å². The van der Waals surface area contributed by atoms with E-state index in [0.29, 0.717) is 17.9 Å². The highest BCUT2D eigenvalue weighted by atomic mass is 16.5. The number of methoxy groups -OCH3 is 1. The monoisotopic (exact) mass is 439 g/mol.